The van der Waals surface area contributed by atoms with Crippen molar-refractivity contribution >= 4 is 0 Å². The predicted octanol–water partition coefficient (Wildman–Crippen LogP) is -0.426. The van der Waals surface area contributed by atoms with Crippen LogP contribution in [-0.4, -0.2) is 65.3 Å². The van der Waals surface area contributed by atoms with Gasteiger partial charge in [0.25, 0.3) is 0 Å². The van der Waals surface area contributed by atoms with Gasteiger partial charge in [-0.2, -0.15) is 0 Å². The standard InChI is InChI=1S/C18H28O6/c19-11-15(21)13(7-3-1-4-8-13)16(15,22)12(20)18(24)14(17(11,18)23)9-5-2-6-10-14/h11-12,19-24H,1-10H2/t11?,12?,15-,16-,17-,18+/m1/s1. The van der Waals surface area contributed by atoms with E-state index in [1.54, 1.807) is 0 Å². The first kappa shape index (κ1) is 16.0. The van der Waals surface area contributed by atoms with Gasteiger partial charge in [-0.05, 0) is 25.7 Å². The highest BCUT2D eigenvalue weighted by Gasteiger charge is 3.07. The molecule has 136 valence electrons. The summed E-state index contributed by atoms with van der Waals surface area (Å²) in [6.07, 6.45) is 3.85. The van der Waals surface area contributed by atoms with Crippen molar-refractivity contribution in [3.8, 4) is 0 Å². The van der Waals surface area contributed by atoms with Crippen molar-refractivity contribution in [1.82, 2.24) is 0 Å². The Bertz CT molecular complexity index is 508. The van der Waals surface area contributed by atoms with E-state index in [0.29, 0.717) is 25.7 Å². The van der Waals surface area contributed by atoms with Gasteiger partial charge in [-0.1, -0.05) is 38.5 Å². The zero-order valence-electron chi connectivity index (χ0n) is 13.9. The van der Waals surface area contributed by atoms with Crippen LogP contribution >= 0.6 is 0 Å². The quantitative estimate of drug-likeness (QED) is 0.356. The molecule has 5 rings (SSSR count). The molecule has 0 amide bonds. The van der Waals surface area contributed by atoms with E-state index in [0.717, 1.165) is 38.5 Å². The third kappa shape index (κ3) is 1.07. The highest BCUT2D eigenvalue weighted by atomic mass is 16.5. The van der Waals surface area contributed by atoms with Crippen molar-refractivity contribution in [2.24, 2.45) is 10.8 Å². The molecule has 0 aromatic rings. The third-order valence-corrected chi connectivity index (χ3v) is 8.95. The molecule has 5 saturated carbocycles. The van der Waals surface area contributed by atoms with Crippen LogP contribution in [0, 0.1) is 10.8 Å². The summed E-state index contributed by atoms with van der Waals surface area (Å²) in [5.74, 6) is 0. The summed E-state index contributed by atoms with van der Waals surface area (Å²) in [6.45, 7) is 0. The normalized spacial score (nSPS) is 59.8. The lowest BCUT2D eigenvalue weighted by Gasteiger charge is -2.37. The summed E-state index contributed by atoms with van der Waals surface area (Å²) in [5.41, 5.74) is -9.81. The lowest BCUT2D eigenvalue weighted by atomic mass is 9.76. The molecule has 5 aliphatic carbocycles. The SMILES string of the molecule is OC1[C@@]2(O)C3(CCCCC3)[C@]2(O)C(O)[C@]2(O)C3(CCCCC3)[C@]12O. The van der Waals surface area contributed by atoms with Gasteiger partial charge in [0.15, 0.2) is 0 Å². The molecule has 0 aromatic heterocycles. The smallest absolute Gasteiger partial charge is 0.134 e. The summed E-state index contributed by atoms with van der Waals surface area (Å²) in [6, 6.07) is 0. The van der Waals surface area contributed by atoms with Gasteiger partial charge in [0, 0.05) is 10.8 Å². The molecule has 2 unspecified atom stereocenters. The minimum absolute atomic E-state index is 0.493. The van der Waals surface area contributed by atoms with Gasteiger partial charge < -0.3 is 30.6 Å². The molecule has 6 heteroatoms. The van der Waals surface area contributed by atoms with Crippen molar-refractivity contribution in [2.75, 3.05) is 0 Å². The van der Waals surface area contributed by atoms with E-state index in [2.05, 4.69) is 0 Å². The Labute approximate surface area is 141 Å². The fraction of sp³-hybridized carbons (Fsp3) is 1.00. The van der Waals surface area contributed by atoms with Crippen LogP contribution < -0.4 is 0 Å². The van der Waals surface area contributed by atoms with Gasteiger partial charge in [0.05, 0.1) is 0 Å². The van der Waals surface area contributed by atoms with Crippen LogP contribution in [0.15, 0.2) is 0 Å². The Balaban J connectivity index is 1.64. The summed E-state index contributed by atoms with van der Waals surface area (Å²) in [4.78, 5) is 0. The van der Waals surface area contributed by atoms with Crippen LogP contribution in [-0.2, 0) is 0 Å². The average molecular weight is 340 g/mol. The Morgan fingerprint density at radius 2 is 0.708 bits per heavy atom. The van der Waals surface area contributed by atoms with E-state index < -0.39 is 45.4 Å². The number of aliphatic hydroxyl groups excluding tert-OH is 2. The van der Waals surface area contributed by atoms with Crippen LogP contribution in [0.25, 0.3) is 0 Å². The van der Waals surface area contributed by atoms with Crippen LogP contribution in [0.1, 0.15) is 64.2 Å². The number of aliphatic hydroxyl groups is 6. The fourth-order valence-electron chi connectivity index (χ4n) is 7.74. The summed E-state index contributed by atoms with van der Waals surface area (Å²) in [7, 11) is 0. The van der Waals surface area contributed by atoms with Gasteiger partial charge in [0.2, 0.25) is 0 Å². The van der Waals surface area contributed by atoms with Crippen molar-refractivity contribution in [1.29, 1.82) is 0 Å². The van der Waals surface area contributed by atoms with Gasteiger partial charge in [-0.15, -0.1) is 0 Å². The lowest BCUT2D eigenvalue weighted by Crippen LogP contribution is -2.63. The average Bonchev–Trinajstić information content (AvgIpc) is 3.23. The highest BCUT2D eigenvalue weighted by molar-refractivity contribution is 5.57. The molecule has 0 bridgehead atoms. The van der Waals surface area contributed by atoms with Crippen molar-refractivity contribution < 1.29 is 30.6 Å². The molecular weight excluding hydrogens is 312 g/mol. The maximum atomic E-state index is 11.3. The molecule has 6 atom stereocenters. The first-order chi connectivity index (χ1) is 11.2. The van der Waals surface area contributed by atoms with E-state index in [-0.39, 0.29) is 0 Å². The molecule has 2 spiro atoms. The number of rotatable bonds is 0. The molecule has 0 radical (unpaired) electrons. The van der Waals surface area contributed by atoms with Gasteiger partial charge in [-0.25, -0.2) is 0 Å². The molecule has 5 fully saturated rings. The Morgan fingerprint density at radius 3 is 0.958 bits per heavy atom. The van der Waals surface area contributed by atoms with Gasteiger partial charge >= 0.3 is 0 Å². The zero-order valence-corrected chi connectivity index (χ0v) is 13.9. The third-order valence-electron chi connectivity index (χ3n) is 8.95. The van der Waals surface area contributed by atoms with E-state index in [1.165, 1.54) is 0 Å². The zero-order chi connectivity index (χ0) is 17.2. The predicted molar refractivity (Wildman–Crippen MR) is 82.8 cm³/mol. The molecular formula is C18H28O6. The van der Waals surface area contributed by atoms with E-state index >= 15 is 0 Å². The second-order valence-electron chi connectivity index (χ2n) is 9.16. The van der Waals surface area contributed by atoms with Crippen molar-refractivity contribution in [3.63, 3.8) is 0 Å². The largest absolute Gasteiger partial charge is 0.387 e. The second-order valence-corrected chi connectivity index (χ2v) is 9.16. The first-order valence-electron chi connectivity index (χ1n) is 9.48. The molecule has 5 aliphatic rings. The number of hydrogen-bond acceptors (Lipinski definition) is 6. The topological polar surface area (TPSA) is 121 Å². The molecule has 6 N–H and O–H groups in total. The fourth-order valence-corrected chi connectivity index (χ4v) is 7.74. The Kier molecular flexibility index (Phi) is 2.68. The summed E-state index contributed by atoms with van der Waals surface area (Å²) >= 11 is 0. The molecule has 24 heavy (non-hydrogen) atoms. The lowest BCUT2D eigenvalue weighted by molar-refractivity contribution is -0.223. The molecule has 0 aliphatic heterocycles. The van der Waals surface area contributed by atoms with Crippen LogP contribution in [0.4, 0.5) is 0 Å². The van der Waals surface area contributed by atoms with Gasteiger partial charge in [-0.3, -0.25) is 0 Å². The monoisotopic (exact) mass is 340 g/mol. The van der Waals surface area contributed by atoms with Crippen molar-refractivity contribution in [2.45, 2.75) is 98.8 Å². The Hall–Kier alpha value is -0.240. The van der Waals surface area contributed by atoms with E-state index in [1.807, 2.05) is 0 Å². The molecule has 6 nitrogen and oxygen atoms in total. The maximum Gasteiger partial charge on any atom is 0.134 e. The minimum atomic E-state index is -1.94. The second kappa shape index (κ2) is 4.02. The summed E-state index contributed by atoms with van der Waals surface area (Å²) in [5, 5.41) is 67.1. The first-order valence-corrected chi connectivity index (χ1v) is 9.48. The summed E-state index contributed by atoms with van der Waals surface area (Å²) < 4.78 is 0. The van der Waals surface area contributed by atoms with E-state index in [9.17, 15) is 30.6 Å². The minimum Gasteiger partial charge on any atom is -0.387 e. The van der Waals surface area contributed by atoms with Crippen molar-refractivity contribution in [3.05, 3.63) is 0 Å². The molecule has 0 saturated heterocycles. The number of hydrogen-bond donors (Lipinski definition) is 6. The van der Waals surface area contributed by atoms with E-state index in [4.69, 9.17) is 0 Å². The van der Waals surface area contributed by atoms with Crippen LogP contribution in [0.5, 0.6) is 0 Å². The highest BCUT2D eigenvalue weighted by Crippen LogP contribution is 2.87. The van der Waals surface area contributed by atoms with Crippen LogP contribution in [0.2, 0.25) is 0 Å². The molecule has 0 heterocycles. The Morgan fingerprint density at radius 1 is 0.458 bits per heavy atom. The molecule has 0 aromatic carbocycles. The van der Waals surface area contributed by atoms with Crippen LogP contribution in [0.3, 0.4) is 0 Å². The maximum absolute atomic E-state index is 11.3. The van der Waals surface area contributed by atoms with Gasteiger partial charge in [0.1, 0.15) is 34.6 Å². The number of fused-ring (bicyclic) bond motifs is 6.